The van der Waals surface area contributed by atoms with Crippen LogP contribution in [0, 0.1) is 5.82 Å². The summed E-state index contributed by atoms with van der Waals surface area (Å²) >= 11 is 0. The molecule has 7 nitrogen and oxygen atoms in total. The van der Waals surface area contributed by atoms with Crippen LogP contribution in [0.15, 0.2) is 24.3 Å². The number of rotatable bonds is 2. The molecule has 3 heterocycles. The van der Waals surface area contributed by atoms with Gasteiger partial charge in [-0.1, -0.05) is 12.1 Å². The van der Waals surface area contributed by atoms with E-state index in [0.717, 1.165) is 25.9 Å². The van der Waals surface area contributed by atoms with E-state index < -0.39 is 0 Å². The molecule has 8 heteroatoms. The number of imidazole rings is 1. The molecule has 1 aliphatic rings. The lowest BCUT2D eigenvalue weighted by Crippen LogP contribution is -2.30. The topological polar surface area (TPSA) is 108 Å². The standard InChI is InChI=1S/C16H18FN7/c17-11-4-2-1-3-10(11)12-13-14(23-15(18)21-12)24(16(19)22-13)9-5-7-20-8-6-9/h1-4,9,20H,5-8H2,(H2,19,22)(H2,18,21,23). The van der Waals surface area contributed by atoms with Gasteiger partial charge in [-0.2, -0.15) is 4.98 Å². The largest absolute Gasteiger partial charge is 0.369 e. The summed E-state index contributed by atoms with van der Waals surface area (Å²) < 4.78 is 16.1. The first kappa shape index (κ1) is 14.8. The van der Waals surface area contributed by atoms with E-state index in [4.69, 9.17) is 11.5 Å². The molecule has 1 aromatic carbocycles. The molecule has 1 saturated heterocycles. The lowest BCUT2D eigenvalue weighted by atomic mass is 10.1. The number of nitrogens with one attached hydrogen (secondary N) is 1. The van der Waals surface area contributed by atoms with Crippen molar-refractivity contribution in [1.29, 1.82) is 0 Å². The predicted octanol–water partition coefficient (Wildman–Crippen LogP) is 1.72. The Morgan fingerprint density at radius 1 is 1.08 bits per heavy atom. The predicted molar refractivity (Wildman–Crippen MR) is 90.7 cm³/mol. The Hall–Kier alpha value is -2.74. The summed E-state index contributed by atoms with van der Waals surface area (Å²) in [5.41, 5.74) is 13.8. The third-order valence-corrected chi connectivity index (χ3v) is 4.39. The third kappa shape index (κ3) is 2.35. The molecule has 0 atom stereocenters. The summed E-state index contributed by atoms with van der Waals surface area (Å²) in [6.45, 7) is 1.81. The van der Waals surface area contributed by atoms with Crippen LogP contribution in [0.1, 0.15) is 18.9 Å². The Kier molecular flexibility index (Phi) is 3.53. The highest BCUT2D eigenvalue weighted by molar-refractivity contribution is 5.90. The van der Waals surface area contributed by atoms with Crippen LogP contribution in [0.4, 0.5) is 16.3 Å². The molecule has 0 spiro atoms. The van der Waals surface area contributed by atoms with Crippen LogP contribution in [0.5, 0.6) is 0 Å². The average Bonchev–Trinajstić information content (AvgIpc) is 2.91. The number of halogens is 1. The Balaban J connectivity index is 1.95. The van der Waals surface area contributed by atoms with E-state index >= 15 is 0 Å². The Labute approximate surface area is 137 Å². The van der Waals surface area contributed by atoms with Gasteiger partial charge in [0, 0.05) is 11.6 Å². The second-order valence-corrected chi connectivity index (χ2v) is 5.90. The summed E-state index contributed by atoms with van der Waals surface area (Å²) in [6, 6.07) is 6.60. The van der Waals surface area contributed by atoms with Crippen molar-refractivity contribution in [2.45, 2.75) is 18.9 Å². The second kappa shape index (κ2) is 5.72. The van der Waals surface area contributed by atoms with Gasteiger partial charge in [-0.3, -0.25) is 4.57 Å². The minimum absolute atomic E-state index is 0.0795. The molecule has 0 aliphatic carbocycles. The van der Waals surface area contributed by atoms with Gasteiger partial charge >= 0.3 is 0 Å². The molecule has 0 saturated carbocycles. The van der Waals surface area contributed by atoms with Crippen molar-refractivity contribution in [3.8, 4) is 11.3 Å². The Morgan fingerprint density at radius 2 is 1.83 bits per heavy atom. The monoisotopic (exact) mass is 327 g/mol. The van der Waals surface area contributed by atoms with E-state index in [0.29, 0.717) is 28.4 Å². The fraction of sp³-hybridized carbons (Fsp3) is 0.312. The maximum atomic E-state index is 14.2. The van der Waals surface area contributed by atoms with Gasteiger partial charge in [0.15, 0.2) is 5.65 Å². The number of fused-ring (bicyclic) bond motifs is 1. The van der Waals surface area contributed by atoms with E-state index in [1.54, 1.807) is 18.2 Å². The highest BCUT2D eigenvalue weighted by Crippen LogP contribution is 2.33. The van der Waals surface area contributed by atoms with Gasteiger partial charge in [-0.15, -0.1) is 0 Å². The zero-order valence-electron chi connectivity index (χ0n) is 13.0. The number of nitrogens with zero attached hydrogens (tertiary/aromatic N) is 4. The van der Waals surface area contributed by atoms with Crippen LogP contribution in [-0.2, 0) is 0 Å². The van der Waals surface area contributed by atoms with Crippen LogP contribution in [-0.4, -0.2) is 32.6 Å². The quantitative estimate of drug-likeness (QED) is 0.661. The first-order valence-corrected chi connectivity index (χ1v) is 7.91. The SMILES string of the molecule is Nc1nc(-c2ccccc2F)c2nc(N)n(C3CCNCC3)c2n1. The number of aromatic nitrogens is 4. The molecule has 0 bridgehead atoms. The molecule has 5 N–H and O–H groups in total. The fourth-order valence-electron chi connectivity index (χ4n) is 3.27. The first-order valence-electron chi connectivity index (χ1n) is 7.91. The van der Waals surface area contributed by atoms with Crippen molar-refractivity contribution in [3.05, 3.63) is 30.1 Å². The van der Waals surface area contributed by atoms with Gasteiger partial charge in [0.25, 0.3) is 0 Å². The third-order valence-electron chi connectivity index (χ3n) is 4.39. The molecule has 24 heavy (non-hydrogen) atoms. The molecular weight excluding hydrogens is 309 g/mol. The maximum Gasteiger partial charge on any atom is 0.222 e. The number of hydrogen-bond donors (Lipinski definition) is 3. The summed E-state index contributed by atoms with van der Waals surface area (Å²) in [5, 5.41) is 3.32. The number of hydrogen-bond acceptors (Lipinski definition) is 6. The smallest absolute Gasteiger partial charge is 0.222 e. The summed E-state index contributed by atoms with van der Waals surface area (Å²) in [6.07, 6.45) is 1.85. The molecule has 0 amide bonds. The summed E-state index contributed by atoms with van der Waals surface area (Å²) in [7, 11) is 0. The number of nitrogen functional groups attached to an aromatic ring is 2. The van der Waals surface area contributed by atoms with Gasteiger partial charge in [0.1, 0.15) is 17.0 Å². The van der Waals surface area contributed by atoms with Gasteiger partial charge in [-0.05, 0) is 38.1 Å². The number of benzene rings is 1. The normalized spacial score (nSPS) is 15.9. The Morgan fingerprint density at radius 3 is 2.58 bits per heavy atom. The minimum atomic E-state index is -0.383. The van der Waals surface area contributed by atoms with Crippen LogP contribution < -0.4 is 16.8 Å². The van der Waals surface area contributed by atoms with Gasteiger partial charge in [0.05, 0.1) is 0 Å². The number of anilines is 2. The van der Waals surface area contributed by atoms with E-state index in [1.807, 2.05) is 4.57 Å². The first-order chi connectivity index (χ1) is 11.6. The summed E-state index contributed by atoms with van der Waals surface area (Å²) in [4.78, 5) is 13.0. The molecule has 2 aromatic heterocycles. The van der Waals surface area contributed by atoms with Crippen molar-refractivity contribution in [2.75, 3.05) is 24.6 Å². The highest BCUT2D eigenvalue weighted by atomic mass is 19.1. The van der Waals surface area contributed by atoms with Crippen LogP contribution in [0.25, 0.3) is 22.4 Å². The number of nitrogens with two attached hydrogens (primary N) is 2. The maximum absolute atomic E-state index is 14.2. The van der Waals surface area contributed by atoms with Crippen molar-refractivity contribution < 1.29 is 4.39 Å². The average molecular weight is 327 g/mol. The summed E-state index contributed by atoms with van der Waals surface area (Å²) in [5.74, 6) is 0.0529. The van der Waals surface area contributed by atoms with Crippen molar-refractivity contribution in [1.82, 2.24) is 24.8 Å². The van der Waals surface area contributed by atoms with Crippen LogP contribution in [0.3, 0.4) is 0 Å². The van der Waals surface area contributed by atoms with Crippen LogP contribution >= 0.6 is 0 Å². The van der Waals surface area contributed by atoms with E-state index in [2.05, 4.69) is 20.3 Å². The lowest BCUT2D eigenvalue weighted by molar-refractivity contribution is 0.377. The molecule has 1 fully saturated rings. The van der Waals surface area contributed by atoms with Crippen molar-refractivity contribution >= 4 is 23.1 Å². The van der Waals surface area contributed by atoms with Gasteiger partial charge in [0.2, 0.25) is 11.9 Å². The molecule has 3 aromatic rings. The van der Waals surface area contributed by atoms with Crippen molar-refractivity contribution in [3.63, 3.8) is 0 Å². The van der Waals surface area contributed by atoms with E-state index in [-0.39, 0.29) is 17.8 Å². The molecule has 4 rings (SSSR count). The molecule has 1 aliphatic heterocycles. The van der Waals surface area contributed by atoms with Gasteiger partial charge < -0.3 is 16.8 Å². The molecule has 0 radical (unpaired) electrons. The van der Waals surface area contributed by atoms with E-state index in [1.165, 1.54) is 6.07 Å². The fourth-order valence-corrected chi connectivity index (χ4v) is 3.27. The number of piperidine rings is 1. The second-order valence-electron chi connectivity index (χ2n) is 5.90. The van der Waals surface area contributed by atoms with Gasteiger partial charge in [-0.25, -0.2) is 14.4 Å². The zero-order valence-corrected chi connectivity index (χ0v) is 13.0. The minimum Gasteiger partial charge on any atom is -0.369 e. The van der Waals surface area contributed by atoms with E-state index in [9.17, 15) is 4.39 Å². The molecule has 0 unspecified atom stereocenters. The molecular formula is C16H18FN7. The Bertz CT molecular complexity index is 899. The zero-order chi connectivity index (χ0) is 16.7. The van der Waals surface area contributed by atoms with Crippen LogP contribution in [0.2, 0.25) is 0 Å². The highest BCUT2D eigenvalue weighted by Gasteiger charge is 2.24. The lowest BCUT2D eigenvalue weighted by Gasteiger charge is -2.24. The van der Waals surface area contributed by atoms with Crippen molar-refractivity contribution in [2.24, 2.45) is 0 Å². The molecule has 124 valence electrons.